The first-order valence-corrected chi connectivity index (χ1v) is 8.20. The first-order chi connectivity index (χ1) is 12.3. The van der Waals surface area contributed by atoms with E-state index in [4.69, 9.17) is 29.2 Å². The maximum atomic E-state index is 8.85. The Morgan fingerprint density at radius 3 is 1.76 bits per heavy atom. The molecule has 0 unspecified atom stereocenters. The summed E-state index contributed by atoms with van der Waals surface area (Å²) in [6.45, 7) is 1.58. The minimum absolute atomic E-state index is 0.0270. The Bertz CT molecular complexity index is 563. The zero-order valence-corrected chi connectivity index (χ0v) is 14.1. The number of para-hydroxylation sites is 3. The minimum Gasteiger partial charge on any atom is -0.491 e. The molecule has 0 aliphatic carbocycles. The third kappa shape index (κ3) is 6.62. The maximum Gasteiger partial charge on any atom is 0.161 e. The van der Waals surface area contributed by atoms with E-state index in [0.717, 1.165) is 5.56 Å². The zero-order valence-electron chi connectivity index (χ0n) is 14.1. The van der Waals surface area contributed by atoms with Gasteiger partial charge in [0.2, 0.25) is 0 Å². The Balaban J connectivity index is 1.75. The highest BCUT2D eigenvalue weighted by molar-refractivity contribution is 5.39. The van der Waals surface area contributed by atoms with E-state index in [1.807, 2.05) is 42.5 Å². The van der Waals surface area contributed by atoms with Gasteiger partial charge in [0.1, 0.15) is 25.6 Å². The van der Waals surface area contributed by atoms with Crippen molar-refractivity contribution in [3.63, 3.8) is 0 Å². The van der Waals surface area contributed by atoms with Crippen LogP contribution < -0.4 is 14.2 Å². The molecule has 0 saturated heterocycles. The minimum atomic E-state index is -0.0464. The Labute approximate surface area is 147 Å². The monoisotopic (exact) mass is 348 g/mol. The summed E-state index contributed by atoms with van der Waals surface area (Å²) in [6, 6.07) is 14.9. The third-order valence-corrected chi connectivity index (χ3v) is 3.26. The van der Waals surface area contributed by atoms with Crippen LogP contribution in [0.1, 0.15) is 5.56 Å². The number of aliphatic hydroxyl groups is 2. The van der Waals surface area contributed by atoms with Crippen molar-refractivity contribution in [2.45, 2.75) is 6.61 Å². The quantitative estimate of drug-likeness (QED) is 0.572. The fraction of sp³-hybridized carbons (Fsp3) is 0.368. The van der Waals surface area contributed by atoms with Crippen LogP contribution in [0.2, 0.25) is 0 Å². The summed E-state index contributed by atoms with van der Waals surface area (Å²) in [5.74, 6) is 1.92. The van der Waals surface area contributed by atoms with Crippen LogP contribution in [0, 0.1) is 0 Å². The highest BCUT2D eigenvalue weighted by Crippen LogP contribution is 2.26. The average molecular weight is 348 g/mol. The van der Waals surface area contributed by atoms with Crippen molar-refractivity contribution in [3.05, 3.63) is 54.1 Å². The lowest BCUT2D eigenvalue weighted by Crippen LogP contribution is -2.09. The molecule has 0 amide bonds. The first kappa shape index (κ1) is 19.1. The van der Waals surface area contributed by atoms with Crippen LogP contribution >= 0.6 is 0 Å². The predicted molar refractivity (Wildman–Crippen MR) is 93.2 cm³/mol. The van der Waals surface area contributed by atoms with Crippen molar-refractivity contribution < 1.29 is 29.2 Å². The van der Waals surface area contributed by atoms with Crippen LogP contribution in [0.4, 0.5) is 0 Å². The van der Waals surface area contributed by atoms with Crippen LogP contribution in [0.3, 0.4) is 0 Å². The molecule has 6 nitrogen and oxygen atoms in total. The molecule has 0 aromatic heterocycles. The maximum absolute atomic E-state index is 8.85. The molecule has 6 heteroatoms. The van der Waals surface area contributed by atoms with E-state index >= 15 is 0 Å². The van der Waals surface area contributed by atoms with Crippen LogP contribution in [0.5, 0.6) is 17.2 Å². The van der Waals surface area contributed by atoms with E-state index in [1.165, 1.54) is 0 Å². The molecule has 2 aromatic rings. The van der Waals surface area contributed by atoms with E-state index in [2.05, 4.69) is 0 Å². The summed E-state index contributed by atoms with van der Waals surface area (Å²) >= 11 is 0. The number of benzene rings is 2. The van der Waals surface area contributed by atoms with Crippen molar-refractivity contribution in [1.29, 1.82) is 0 Å². The van der Waals surface area contributed by atoms with Gasteiger partial charge in [-0.2, -0.15) is 0 Å². The first-order valence-electron chi connectivity index (χ1n) is 8.20. The molecule has 0 saturated carbocycles. The van der Waals surface area contributed by atoms with Gasteiger partial charge < -0.3 is 29.2 Å². The number of hydrogen-bond acceptors (Lipinski definition) is 6. The average Bonchev–Trinajstić information content (AvgIpc) is 2.66. The van der Waals surface area contributed by atoms with Crippen molar-refractivity contribution in [1.82, 2.24) is 0 Å². The van der Waals surface area contributed by atoms with Crippen LogP contribution in [0.15, 0.2) is 48.5 Å². The van der Waals surface area contributed by atoms with Gasteiger partial charge in [0.05, 0.1) is 26.4 Å². The molecule has 25 heavy (non-hydrogen) atoms. The fourth-order valence-corrected chi connectivity index (χ4v) is 2.16. The lowest BCUT2D eigenvalue weighted by atomic mass is 10.2. The van der Waals surface area contributed by atoms with Gasteiger partial charge in [-0.05, 0) is 18.2 Å². The number of ether oxygens (including phenoxy) is 4. The lowest BCUT2D eigenvalue weighted by molar-refractivity contribution is 0.0851. The molecule has 0 aliphatic heterocycles. The molecule has 2 N–H and O–H groups in total. The molecule has 0 bridgehead atoms. The van der Waals surface area contributed by atoms with Crippen molar-refractivity contribution >= 4 is 0 Å². The lowest BCUT2D eigenvalue weighted by Gasteiger charge is -2.13. The highest BCUT2D eigenvalue weighted by atomic mass is 16.5. The number of aliphatic hydroxyl groups excluding tert-OH is 2. The summed E-state index contributed by atoms with van der Waals surface area (Å²) in [7, 11) is 0. The van der Waals surface area contributed by atoms with E-state index in [9.17, 15) is 0 Å². The van der Waals surface area contributed by atoms with Gasteiger partial charge in [0.15, 0.2) is 11.5 Å². The molecule has 136 valence electrons. The summed E-state index contributed by atoms with van der Waals surface area (Å²) in [5.41, 5.74) is 0.919. The van der Waals surface area contributed by atoms with Crippen molar-refractivity contribution in [2.24, 2.45) is 0 Å². The van der Waals surface area contributed by atoms with Gasteiger partial charge in [-0.25, -0.2) is 0 Å². The molecule has 2 rings (SSSR count). The Hall–Kier alpha value is -2.28. The van der Waals surface area contributed by atoms with Gasteiger partial charge in [-0.1, -0.05) is 30.3 Å². The van der Waals surface area contributed by atoms with E-state index in [0.29, 0.717) is 37.1 Å². The third-order valence-electron chi connectivity index (χ3n) is 3.26. The summed E-state index contributed by atoms with van der Waals surface area (Å²) in [4.78, 5) is 0. The molecular formula is C19H24O6. The fourth-order valence-electron chi connectivity index (χ4n) is 2.16. The molecule has 2 aromatic carbocycles. The topological polar surface area (TPSA) is 77.4 Å². The van der Waals surface area contributed by atoms with Gasteiger partial charge >= 0.3 is 0 Å². The summed E-state index contributed by atoms with van der Waals surface area (Å²) in [6.07, 6.45) is 0. The molecule has 0 spiro atoms. The smallest absolute Gasteiger partial charge is 0.161 e. The molecule has 0 atom stereocenters. The Morgan fingerprint density at radius 2 is 1.12 bits per heavy atom. The van der Waals surface area contributed by atoms with Crippen LogP contribution in [-0.4, -0.2) is 49.9 Å². The zero-order chi connectivity index (χ0) is 17.7. The van der Waals surface area contributed by atoms with E-state index in [-0.39, 0.29) is 26.4 Å². The SMILES string of the molecule is OCCOc1ccccc1COCCOc1ccccc1OCCO. The molecule has 0 radical (unpaired) electrons. The van der Waals surface area contributed by atoms with Gasteiger partial charge in [-0.3, -0.25) is 0 Å². The number of hydrogen-bond donors (Lipinski definition) is 2. The molecule has 0 aliphatic rings. The second-order valence-corrected chi connectivity index (χ2v) is 5.10. The Kier molecular flexibility index (Phi) is 8.61. The second-order valence-electron chi connectivity index (χ2n) is 5.10. The predicted octanol–water partition coefficient (Wildman–Crippen LogP) is 2.02. The standard InChI is InChI=1S/C19H24O6/c20-9-11-23-17-6-2-1-5-16(17)15-22-13-14-25-19-8-4-3-7-18(19)24-12-10-21/h1-8,20-21H,9-15H2. The second kappa shape index (κ2) is 11.3. The van der Waals surface area contributed by atoms with E-state index in [1.54, 1.807) is 6.07 Å². The van der Waals surface area contributed by atoms with Crippen molar-refractivity contribution in [3.8, 4) is 17.2 Å². The normalized spacial score (nSPS) is 10.5. The summed E-state index contributed by atoms with van der Waals surface area (Å²) < 4.78 is 22.2. The van der Waals surface area contributed by atoms with Crippen molar-refractivity contribution in [2.75, 3.05) is 39.6 Å². The van der Waals surface area contributed by atoms with Crippen LogP contribution in [-0.2, 0) is 11.3 Å². The molecular weight excluding hydrogens is 324 g/mol. The molecule has 0 heterocycles. The highest BCUT2D eigenvalue weighted by Gasteiger charge is 2.05. The largest absolute Gasteiger partial charge is 0.491 e. The summed E-state index contributed by atoms with van der Waals surface area (Å²) in [5, 5.41) is 17.7. The van der Waals surface area contributed by atoms with E-state index < -0.39 is 0 Å². The van der Waals surface area contributed by atoms with Gasteiger partial charge in [-0.15, -0.1) is 0 Å². The number of rotatable bonds is 12. The van der Waals surface area contributed by atoms with Crippen LogP contribution in [0.25, 0.3) is 0 Å². The van der Waals surface area contributed by atoms with Gasteiger partial charge in [0, 0.05) is 5.56 Å². The Morgan fingerprint density at radius 1 is 0.600 bits per heavy atom. The van der Waals surface area contributed by atoms with Gasteiger partial charge in [0.25, 0.3) is 0 Å². The molecule has 0 fully saturated rings.